The van der Waals surface area contributed by atoms with Crippen LogP contribution in [0.5, 0.6) is 0 Å². The second-order valence-electron chi connectivity index (χ2n) is 3.70. The number of benzene rings is 1. The predicted molar refractivity (Wildman–Crippen MR) is 78.4 cm³/mol. The monoisotopic (exact) mass is 292 g/mol. The molecule has 0 bridgehead atoms. The third-order valence-corrected chi connectivity index (χ3v) is 2.86. The lowest BCUT2D eigenvalue weighted by atomic mass is 10.2. The van der Waals surface area contributed by atoms with Gasteiger partial charge in [-0.1, -0.05) is 35.3 Å². The number of halogens is 2. The highest BCUT2D eigenvalue weighted by atomic mass is 35.5. The number of hydrogen-bond donors (Lipinski definition) is 1. The highest BCUT2D eigenvalue weighted by molar-refractivity contribution is 6.35. The number of rotatable bonds is 3. The standard InChI is InChI=1S/C14H10Cl2N2O/c15-11-6-4-10(12(16)9-11)5-7-14(19)18-13-3-1-2-8-17-13/h1-9H,(H,17,18,19)/b7-5+. The fraction of sp³-hybridized carbons (Fsp3) is 0. The van der Waals surface area contributed by atoms with Crippen LogP contribution in [0.25, 0.3) is 6.08 Å². The quantitative estimate of drug-likeness (QED) is 0.868. The van der Waals surface area contributed by atoms with Crippen LogP contribution in [-0.2, 0) is 4.79 Å². The molecule has 96 valence electrons. The van der Waals surface area contributed by atoms with Crippen molar-refractivity contribution in [2.45, 2.75) is 0 Å². The van der Waals surface area contributed by atoms with E-state index in [0.29, 0.717) is 15.9 Å². The van der Waals surface area contributed by atoms with Gasteiger partial charge in [-0.2, -0.15) is 0 Å². The van der Waals surface area contributed by atoms with Crippen LogP contribution in [0.3, 0.4) is 0 Å². The number of hydrogen-bond acceptors (Lipinski definition) is 2. The molecule has 0 radical (unpaired) electrons. The van der Waals surface area contributed by atoms with Gasteiger partial charge in [0.25, 0.3) is 0 Å². The average Bonchev–Trinajstić information content (AvgIpc) is 2.39. The third kappa shape index (κ3) is 4.09. The molecule has 0 saturated carbocycles. The van der Waals surface area contributed by atoms with Gasteiger partial charge in [-0.3, -0.25) is 4.79 Å². The first kappa shape index (κ1) is 13.6. The normalized spacial score (nSPS) is 10.6. The minimum Gasteiger partial charge on any atom is -0.307 e. The number of aromatic nitrogens is 1. The van der Waals surface area contributed by atoms with Crippen molar-refractivity contribution < 1.29 is 4.79 Å². The lowest BCUT2D eigenvalue weighted by molar-refractivity contribution is -0.111. The van der Waals surface area contributed by atoms with Crippen molar-refractivity contribution in [3.05, 3.63) is 64.3 Å². The first-order valence-electron chi connectivity index (χ1n) is 5.50. The van der Waals surface area contributed by atoms with E-state index in [1.54, 1.807) is 48.7 Å². The largest absolute Gasteiger partial charge is 0.307 e. The molecule has 0 aliphatic heterocycles. The van der Waals surface area contributed by atoms with E-state index in [0.717, 1.165) is 5.56 Å². The number of nitrogens with one attached hydrogen (secondary N) is 1. The molecule has 1 aromatic heterocycles. The molecule has 2 rings (SSSR count). The van der Waals surface area contributed by atoms with Gasteiger partial charge in [-0.25, -0.2) is 4.98 Å². The summed E-state index contributed by atoms with van der Waals surface area (Å²) in [6.07, 6.45) is 4.62. The van der Waals surface area contributed by atoms with E-state index in [1.807, 2.05) is 0 Å². The molecule has 0 saturated heterocycles. The van der Waals surface area contributed by atoms with Crippen LogP contribution in [0, 0.1) is 0 Å². The summed E-state index contributed by atoms with van der Waals surface area (Å²) in [4.78, 5) is 15.7. The summed E-state index contributed by atoms with van der Waals surface area (Å²) in [6.45, 7) is 0. The maximum absolute atomic E-state index is 11.7. The minimum absolute atomic E-state index is 0.273. The second kappa shape index (κ2) is 6.36. The summed E-state index contributed by atoms with van der Waals surface area (Å²) in [5.41, 5.74) is 0.724. The number of carbonyl (C=O) groups excluding carboxylic acids is 1. The fourth-order valence-electron chi connectivity index (χ4n) is 1.41. The molecule has 5 heteroatoms. The van der Waals surface area contributed by atoms with Gasteiger partial charge in [-0.15, -0.1) is 0 Å². The van der Waals surface area contributed by atoms with Gasteiger partial charge in [0.15, 0.2) is 0 Å². The SMILES string of the molecule is O=C(/C=C/c1ccc(Cl)cc1Cl)Nc1ccccn1. The summed E-state index contributed by atoms with van der Waals surface area (Å²) in [5.74, 6) is 0.226. The van der Waals surface area contributed by atoms with Crippen LogP contribution in [0.2, 0.25) is 10.0 Å². The number of nitrogens with zero attached hydrogens (tertiary/aromatic N) is 1. The predicted octanol–water partition coefficient (Wildman–Crippen LogP) is 4.04. The van der Waals surface area contributed by atoms with Crippen molar-refractivity contribution in [2.24, 2.45) is 0 Å². The molecular formula is C14H10Cl2N2O. The Bertz CT molecular complexity index is 612. The summed E-state index contributed by atoms with van der Waals surface area (Å²) >= 11 is 11.8. The highest BCUT2D eigenvalue weighted by Crippen LogP contribution is 2.21. The van der Waals surface area contributed by atoms with Gasteiger partial charge in [0.1, 0.15) is 5.82 Å². The van der Waals surface area contributed by atoms with E-state index in [1.165, 1.54) is 6.08 Å². The van der Waals surface area contributed by atoms with Gasteiger partial charge in [0.2, 0.25) is 5.91 Å². The van der Waals surface area contributed by atoms with Gasteiger partial charge in [0, 0.05) is 22.3 Å². The molecule has 0 unspecified atom stereocenters. The zero-order valence-electron chi connectivity index (χ0n) is 9.81. The van der Waals surface area contributed by atoms with Gasteiger partial charge >= 0.3 is 0 Å². The van der Waals surface area contributed by atoms with E-state index >= 15 is 0 Å². The Morgan fingerprint density at radius 2 is 2.05 bits per heavy atom. The number of anilines is 1. The Hall–Kier alpha value is -1.84. The Morgan fingerprint density at radius 1 is 1.21 bits per heavy atom. The molecule has 1 amide bonds. The molecule has 2 aromatic rings. The molecule has 0 fully saturated rings. The van der Waals surface area contributed by atoms with Crippen LogP contribution in [0.1, 0.15) is 5.56 Å². The molecule has 19 heavy (non-hydrogen) atoms. The zero-order valence-corrected chi connectivity index (χ0v) is 11.3. The van der Waals surface area contributed by atoms with E-state index in [9.17, 15) is 4.79 Å². The Morgan fingerprint density at radius 3 is 2.74 bits per heavy atom. The molecule has 0 spiro atoms. The molecule has 1 aromatic carbocycles. The van der Waals surface area contributed by atoms with E-state index in [-0.39, 0.29) is 5.91 Å². The number of carbonyl (C=O) groups is 1. The summed E-state index contributed by atoms with van der Waals surface area (Å²) in [5, 5.41) is 3.69. The first-order chi connectivity index (χ1) is 9.15. The highest BCUT2D eigenvalue weighted by Gasteiger charge is 2.00. The van der Waals surface area contributed by atoms with Crippen molar-refractivity contribution in [1.82, 2.24) is 4.98 Å². The van der Waals surface area contributed by atoms with Crippen LogP contribution in [0.15, 0.2) is 48.7 Å². The molecular weight excluding hydrogens is 283 g/mol. The van der Waals surface area contributed by atoms with Crippen LogP contribution >= 0.6 is 23.2 Å². The van der Waals surface area contributed by atoms with Gasteiger partial charge in [-0.05, 0) is 35.9 Å². The van der Waals surface area contributed by atoms with Crippen molar-refractivity contribution in [3.63, 3.8) is 0 Å². The van der Waals surface area contributed by atoms with Crippen molar-refractivity contribution >= 4 is 41.0 Å². The fourth-order valence-corrected chi connectivity index (χ4v) is 1.88. The number of amides is 1. The van der Waals surface area contributed by atoms with E-state index in [4.69, 9.17) is 23.2 Å². The molecule has 0 atom stereocenters. The molecule has 3 nitrogen and oxygen atoms in total. The third-order valence-electron chi connectivity index (χ3n) is 2.29. The Balaban J connectivity index is 2.04. The van der Waals surface area contributed by atoms with Crippen molar-refractivity contribution in [1.29, 1.82) is 0 Å². The molecule has 0 aliphatic rings. The van der Waals surface area contributed by atoms with Gasteiger partial charge < -0.3 is 5.32 Å². The topological polar surface area (TPSA) is 42.0 Å². The minimum atomic E-state index is -0.273. The lowest BCUT2D eigenvalue weighted by Crippen LogP contribution is -2.08. The Kier molecular flexibility index (Phi) is 4.55. The van der Waals surface area contributed by atoms with E-state index in [2.05, 4.69) is 10.3 Å². The first-order valence-corrected chi connectivity index (χ1v) is 6.26. The van der Waals surface area contributed by atoms with E-state index < -0.39 is 0 Å². The summed E-state index contributed by atoms with van der Waals surface area (Å²) < 4.78 is 0. The van der Waals surface area contributed by atoms with Crippen LogP contribution in [-0.4, -0.2) is 10.9 Å². The van der Waals surface area contributed by atoms with Crippen molar-refractivity contribution in [3.8, 4) is 0 Å². The average molecular weight is 293 g/mol. The second-order valence-corrected chi connectivity index (χ2v) is 4.55. The maximum atomic E-state index is 11.7. The lowest BCUT2D eigenvalue weighted by Gasteiger charge is -2.00. The summed E-state index contributed by atoms with van der Waals surface area (Å²) in [7, 11) is 0. The van der Waals surface area contributed by atoms with Crippen molar-refractivity contribution in [2.75, 3.05) is 5.32 Å². The zero-order chi connectivity index (χ0) is 13.7. The molecule has 0 aliphatic carbocycles. The smallest absolute Gasteiger partial charge is 0.249 e. The molecule has 1 N–H and O–H groups in total. The Labute approximate surface area is 120 Å². The van der Waals surface area contributed by atoms with Crippen LogP contribution in [0.4, 0.5) is 5.82 Å². The summed E-state index contributed by atoms with van der Waals surface area (Å²) in [6, 6.07) is 10.4. The van der Waals surface area contributed by atoms with Gasteiger partial charge in [0.05, 0.1) is 0 Å². The van der Waals surface area contributed by atoms with Crippen LogP contribution < -0.4 is 5.32 Å². The number of pyridine rings is 1. The molecule has 1 heterocycles. The maximum Gasteiger partial charge on any atom is 0.249 e.